The highest BCUT2D eigenvalue weighted by atomic mass is 35.5. The SMILES string of the molecule is CCNCc1ccccc1NC(=O)Cc1c(C)noc1C.Cl. The summed E-state index contributed by atoms with van der Waals surface area (Å²) in [6, 6.07) is 7.81. The summed E-state index contributed by atoms with van der Waals surface area (Å²) in [5.74, 6) is 0.636. The normalized spacial score (nSPS) is 10.1. The van der Waals surface area contributed by atoms with E-state index >= 15 is 0 Å². The molecule has 0 saturated carbocycles. The number of amides is 1. The number of nitrogens with zero attached hydrogens (tertiary/aromatic N) is 1. The average molecular weight is 324 g/mol. The molecule has 22 heavy (non-hydrogen) atoms. The number of hydrogen-bond acceptors (Lipinski definition) is 4. The quantitative estimate of drug-likeness (QED) is 0.857. The Balaban J connectivity index is 0.00000242. The maximum atomic E-state index is 12.2. The highest BCUT2D eigenvalue weighted by Gasteiger charge is 2.14. The number of aromatic nitrogens is 1. The van der Waals surface area contributed by atoms with E-state index in [0.29, 0.717) is 5.76 Å². The van der Waals surface area contributed by atoms with Crippen LogP contribution in [-0.2, 0) is 17.8 Å². The molecule has 1 aromatic heterocycles. The van der Waals surface area contributed by atoms with Crippen LogP contribution in [0.4, 0.5) is 5.69 Å². The van der Waals surface area contributed by atoms with Crippen molar-refractivity contribution in [3.8, 4) is 0 Å². The van der Waals surface area contributed by atoms with Crippen molar-refractivity contribution in [1.82, 2.24) is 10.5 Å². The van der Waals surface area contributed by atoms with Gasteiger partial charge < -0.3 is 15.2 Å². The van der Waals surface area contributed by atoms with E-state index in [4.69, 9.17) is 4.52 Å². The Kier molecular flexibility index (Phi) is 7.08. The molecule has 1 heterocycles. The molecule has 6 heteroatoms. The van der Waals surface area contributed by atoms with Crippen molar-refractivity contribution in [3.05, 3.63) is 46.8 Å². The van der Waals surface area contributed by atoms with Gasteiger partial charge in [0.2, 0.25) is 5.91 Å². The van der Waals surface area contributed by atoms with E-state index in [1.54, 1.807) is 0 Å². The lowest BCUT2D eigenvalue weighted by molar-refractivity contribution is -0.115. The topological polar surface area (TPSA) is 67.2 Å². The minimum Gasteiger partial charge on any atom is -0.361 e. The summed E-state index contributed by atoms with van der Waals surface area (Å²) in [5, 5.41) is 10.1. The largest absolute Gasteiger partial charge is 0.361 e. The van der Waals surface area contributed by atoms with E-state index < -0.39 is 0 Å². The van der Waals surface area contributed by atoms with E-state index in [2.05, 4.69) is 22.7 Å². The van der Waals surface area contributed by atoms with Gasteiger partial charge in [-0.25, -0.2) is 0 Å². The van der Waals surface area contributed by atoms with Gasteiger partial charge in [0.15, 0.2) is 0 Å². The molecule has 2 N–H and O–H groups in total. The van der Waals surface area contributed by atoms with E-state index in [1.165, 1.54) is 0 Å². The lowest BCUT2D eigenvalue weighted by Gasteiger charge is -2.11. The second-order valence-corrected chi connectivity index (χ2v) is 4.97. The molecule has 0 radical (unpaired) electrons. The van der Waals surface area contributed by atoms with E-state index in [9.17, 15) is 4.79 Å². The Morgan fingerprint density at radius 2 is 2.00 bits per heavy atom. The Morgan fingerprint density at radius 1 is 1.27 bits per heavy atom. The van der Waals surface area contributed by atoms with Gasteiger partial charge in [0.1, 0.15) is 5.76 Å². The summed E-state index contributed by atoms with van der Waals surface area (Å²) in [6.45, 7) is 7.35. The van der Waals surface area contributed by atoms with Gasteiger partial charge in [0, 0.05) is 17.8 Å². The van der Waals surface area contributed by atoms with Crippen molar-refractivity contribution in [3.63, 3.8) is 0 Å². The minimum atomic E-state index is -0.0617. The molecule has 0 fully saturated rings. The van der Waals surface area contributed by atoms with Gasteiger partial charge in [-0.3, -0.25) is 4.79 Å². The van der Waals surface area contributed by atoms with Crippen LogP contribution in [0.2, 0.25) is 0 Å². The fourth-order valence-electron chi connectivity index (χ4n) is 2.17. The third kappa shape index (κ3) is 4.58. The van der Waals surface area contributed by atoms with Crippen LogP contribution in [0.25, 0.3) is 0 Å². The van der Waals surface area contributed by atoms with E-state index in [0.717, 1.165) is 35.6 Å². The van der Waals surface area contributed by atoms with Crippen LogP contribution in [0.1, 0.15) is 29.5 Å². The van der Waals surface area contributed by atoms with Crippen LogP contribution in [0.15, 0.2) is 28.8 Å². The van der Waals surface area contributed by atoms with Crippen molar-refractivity contribution >= 4 is 24.0 Å². The van der Waals surface area contributed by atoms with Crippen molar-refractivity contribution in [2.75, 3.05) is 11.9 Å². The minimum absolute atomic E-state index is 0. The Bertz CT molecular complexity index is 606. The second-order valence-electron chi connectivity index (χ2n) is 4.97. The molecule has 0 atom stereocenters. The third-order valence-electron chi connectivity index (χ3n) is 3.38. The van der Waals surface area contributed by atoms with Crippen LogP contribution < -0.4 is 10.6 Å². The number of rotatable bonds is 6. The molecule has 0 unspecified atom stereocenters. The average Bonchev–Trinajstić information content (AvgIpc) is 2.78. The molecule has 0 aliphatic carbocycles. The number of benzene rings is 1. The maximum Gasteiger partial charge on any atom is 0.229 e. The third-order valence-corrected chi connectivity index (χ3v) is 3.38. The predicted molar refractivity (Wildman–Crippen MR) is 89.4 cm³/mol. The van der Waals surface area contributed by atoms with Gasteiger partial charge in [-0.15, -0.1) is 12.4 Å². The molecule has 2 rings (SSSR count). The molecule has 0 bridgehead atoms. The molecule has 2 aromatic rings. The zero-order valence-electron chi connectivity index (χ0n) is 13.1. The lowest BCUT2D eigenvalue weighted by atomic mass is 10.1. The Labute approximate surface area is 136 Å². The summed E-state index contributed by atoms with van der Waals surface area (Å²) >= 11 is 0. The smallest absolute Gasteiger partial charge is 0.229 e. The molecule has 1 aromatic carbocycles. The zero-order valence-corrected chi connectivity index (χ0v) is 13.9. The number of nitrogens with one attached hydrogen (secondary N) is 2. The first-order valence-electron chi connectivity index (χ1n) is 7.12. The summed E-state index contributed by atoms with van der Waals surface area (Å²) in [4.78, 5) is 12.2. The molecular formula is C16H22ClN3O2. The predicted octanol–water partition coefficient (Wildman–Crippen LogP) is 3.00. The van der Waals surface area contributed by atoms with Crippen LogP contribution in [0.3, 0.4) is 0 Å². The summed E-state index contributed by atoms with van der Waals surface area (Å²) in [5.41, 5.74) is 3.54. The fraction of sp³-hybridized carbons (Fsp3) is 0.375. The first-order chi connectivity index (χ1) is 10.1. The van der Waals surface area contributed by atoms with Crippen molar-refractivity contribution in [2.45, 2.75) is 33.7 Å². The monoisotopic (exact) mass is 323 g/mol. The Morgan fingerprint density at radius 3 is 2.64 bits per heavy atom. The van der Waals surface area contributed by atoms with Gasteiger partial charge in [-0.05, 0) is 32.0 Å². The highest BCUT2D eigenvalue weighted by Crippen LogP contribution is 2.17. The van der Waals surface area contributed by atoms with Gasteiger partial charge >= 0.3 is 0 Å². The molecule has 5 nitrogen and oxygen atoms in total. The first kappa shape index (κ1) is 18.2. The van der Waals surface area contributed by atoms with Crippen molar-refractivity contribution in [2.24, 2.45) is 0 Å². The summed E-state index contributed by atoms with van der Waals surface area (Å²) < 4.78 is 5.08. The molecule has 0 spiro atoms. The lowest BCUT2D eigenvalue weighted by Crippen LogP contribution is -2.18. The molecule has 0 saturated heterocycles. The van der Waals surface area contributed by atoms with Gasteiger partial charge in [0.05, 0.1) is 12.1 Å². The van der Waals surface area contributed by atoms with Crippen LogP contribution in [-0.4, -0.2) is 17.6 Å². The summed E-state index contributed by atoms with van der Waals surface area (Å²) in [7, 11) is 0. The van der Waals surface area contributed by atoms with Gasteiger partial charge in [0.25, 0.3) is 0 Å². The standard InChI is InChI=1S/C16H21N3O2.ClH/c1-4-17-10-13-7-5-6-8-15(13)18-16(20)9-14-11(2)19-21-12(14)3;/h5-8,17H,4,9-10H2,1-3H3,(H,18,20);1H. The van der Waals surface area contributed by atoms with Crippen LogP contribution >= 0.6 is 12.4 Å². The van der Waals surface area contributed by atoms with Gasteiger partial charge in [-0.2, -0.15) is 0 Å². The molecular weight excluding hydrogens is 302 g/mol. The number of halogens is 1. The second kappa shape index (κ2) is 8.56. The van der Waals surface area contributed by atoms with Crippen molar-refractivity contribution in [1.29, 1.82) is 0 Å². The number of aryl methyl sites for hydroxylation is 2. The number of anilines is 1. The highest BCUT2D eigenvalue weighted by molar-refractivity contribution is 5.93. The van der Waals surface area contributed by atoms with E-state index in [-0.39, 0.29) is 24.7 Å². The maximum absolute atomic E-state index is 12.2. The van der Waals surface area contributed by atoms with E-state index in [1.807, 2.05) is 38.1 Å². The molecule has 0 aliphatic rings. The molecule has 1 amide bonds. The Hall–Kier alpha value is -1.85. The number of carbonyl (C=O) groups excluding carboxylic acids is 1. The molecule has 120 valence electrons. The first-order valence-corrected chi connectivity index (χ1v) is 7.12. The van der Waals surface area contributed by atoms with Crippen molar-refractivity contribution < 1.29 is 9.32 Å². The summed E-state index contributed by atoms with van der Waals surface area (Å²) in [6.07, 6.45) is 0.275. The molecule has 0 aliphatic heterocycles. The van der Waals surface area contributed by atoms with Crippen LogP contribution in [0, 0.1) is 13.8 Å². The zero-order chi connectivity index (χ0) is 15.2. The number of carbonyl (C=O) groups is 1. The van der Waals surface area contributed by atoms with Gasteiger partial charge in [-0.1, -0.05) is 30.3 Å². The number of para-hydroxylation sites is 1. The van der Waals surface area contributed by atoms with Crippen LogP contribution in [0.5, 0.6) is 0 Å². The number of hydrogen-bond donors (Lipinski definition) is 2. The fourth-order valence-corrected chi connectivity index (χ4v) is 2.17.